The van der Waals surface area contributed by atoms with Crippen molar-refractivity contribution in [1.82, 2.24) is 5.32 Å². The Morgan fingerprint density at radius 3 is 2.81 bits per heavy atom. The van der Waals surface area contributed by atoms with Gasteiger partial charge in [-0.1, -0.05) is 17.7 Å². The third kappa shape index (κ3) is 3.03. The van der Waals surface area contributed by atoms with Gasteiger partial charge in [-0.2, -0.15) is 0 Å². The van der Waals surface area contributed by atoms with E-state index in [0.29, 0.717) is 34.3 Å². The smallest absolute Gasteiger partial charge is 0.251 e. The number of anilines is 1. The number of carbonyl (C=O) groups excluding carboxylic acids is 1. The summed E-state index contributed by atoms with van der Waals surface area (Å²) in [7, 11) is 0. The van der Waals surface area contributed by atoms with Crippen LogP contribution in [0.15, 0.2) is 36.4 Å². The lowest BCUT2D eigenvalue weighted by atomic mass is 10.1. The van der Waals surface area contributed by atoms with E-state index in [9.17, 15) is 4.79 Å². The highest BCUT2D eigenvalue weighted by molar-refractivity contribution is 6.31. The van der Waals surface area contributed by atoms with Gasteiger partial charge >= 0.3 is 0 Å². The molecule has 0 spiro atoms. The number of ether oxygens (including phenoxy) is 2. The average molecular weight is 305 g/mol. The lowest BCUT2D eigenvalue weighted by molar-refractivity contribution is 0.0951. The summed E-state index contributed by atoms with van der Waals surface area (Å²) in [5.74, 6) is 1.17. The molecule has 6 heteroatoms. The zero-order valence-electron chi connectivity index (χ0n) is 11.1. The van der Waals surface area contributed by atoms with Gasteiger partial charge in [-0.25, -0.2) is 0 Å². The number of halogens is 1. The molecule has 0 saturated carbocycles. The van der Waals surface area contributed by atoms with E-state index in [1.807, 2.05) is 18.2 Å². The predicted molar refractivity (Wildman–Crippen MR) is 79.6 cm³/mol. The highest BCUT2D eigenvalue weighted by Crippen LogP contribution is 2.32. The molecule has 0 aromatic heterocycles. The van der Waals surface area contributed by atoms with Crippen molar-refractivity contribution in [3.05, 3.63) is 52.5 Å². The number of nitrogens with one attached hydrogen (secondary N) is 1. The molecule has 108 valence electrons. The summed E-state index contributed by atoms with van der Waals surface area (Å²) >= 11 is 5.88. The van der Waals surface area contributed by atoms with Gasteiger partial charge < -0.3 is 20.5 Å². The van der Waals surface area contributed by atoms with E-state index in [-0.39, 0.29) is 12.7 Å². The Hall–Kier alpha value is -2.40. The van der Waals surface area contributed by atoms with Crippen LogP contribution in [0.25, 0.3) is 0 Å². The monoisotopic (exact) mass is 304 g/mol. The van der Waals surface area contributed by atoms with Crippen LogP contribution in [0.5, 0.6) is 11.5 Å². The second kappa shape index (κ2) is 5.54. The molecule has 0 aliphatic carbocycles. The summed E-state index contributed by atoms with van der Waals surface area (Å²) in [6.07, 6.45) is 0. The first-order valence-corrected chi connectivity index (χ1v) is 6.72. The fourth-order valence-electron chi connectivity index (χ4n) is 2.08. The van der Waals surface area contributed by atoms with Crippen molar-refractivity contribution in [1.29, 1.82) is 0 Å². The number of carbonyl (C=O) groups is 1. The second-order valence-corrected chi connectivity index (χ2v) is 5.08. The summed E-state index contributed by atoms with van der Waals surface area (Å²) in [4.78, 5) is 12.1. The molecule has 1 amide bonds. The van der Waals surface area contributed by atoms with Gasteiger partial charge in [0, 0.05) is 22.8 Å². The molecule has 0 atom stereocenters. The van der Waals surface area contributed by atoms with Crippen LogP contribution in [0.4, 0.5) is 5.69 Å². The lowest BCUT2D eigenvalue weighted by Gasteiger charge is -2.07. The Labute approximate surface area is 126 Å². The minimum atomic E-state index is -0.234. The molecule has 2 aromatic rings. The van der Waals surface area contributed by atoms with Crippen LogP contribution >= 0.6 is 11.6 Å². The molecule has 5 nitrogen and oxygen atoms in total. The van der Waals surface area contributed by atoms with Crippen LogP contribution in [0.2, 0.25) is 5.02 Å². The number of benzene rings is 2. The summed E-state index contributed by atoms with van der Waals surface area (Å²) in [6, 6.07) is 10.3. The molecule has 0 radical (unpaired) electrons. The van der Waals surface area contributed by atoms with Gasteiger partial charge in [0.1, 0.15) is 0 Å². The minimum absolute atomic E-state index is 0.229. The third-order valence-electron chi connectivity index (χ3n) is 3.07. The molecule has 0 bridgehead atoms. The fraction of sp³-hybridized carbons (Fsp3) is 0.133. The highest BCUT2D eigenvalue weighted by atomic mass is 35.5. The number of nitrogen functional groups attached to an aromatic ring is 1. The zero-order valence-corrected chi connectivity index (χ0v) is 11.8. The number of rotatable bonds is 3. The van der Waals surface area contributed by atoms with E-state index >= 15 is 0 Å². The van der Waals surface area contributed by atoms with Crippen molar-refractivity contribution >= 4 is 23.2 Å². The minimum Gasteiger partial charge on any atom is -0.454 e. The molecular weight excluding hydrogens is 292 g/mol. The molecule has 2 aromatic carbocycles. The molecular formula is C15H13ClN2O3. The zero-order chi connectivity index (χ0) is 14.8. The summed E-state index contributed by atoms with van der Waals surface area (Å²) in [5, 5.41) is 3.24. The van der Waals surface area contributed by atoms with Crippen LogP contribution in [0.3, 0.4) is 0 Å². The lowest BCUT2D eigenvalue weighted by Crippen LogP contribution is -2.22. The van der Waals surface area contributed by atoms with Gasteiger partial charge in [-0.15, -0.1) is 0 Å². The van der Waals surface area contributed by atoms with Gasteiger partial charge in [-0.3, -0.25) is 4.79 Å². The molecule has 1 aliphatic heterocycles. The summed E-state index contributed by atoms with van der Waals surface area (Å²) < 4.78 is 10.5. The first kappa shape index (κ1) is 13.6. The van der Waals surface area contributed by atoms with E-state index in [1.54, 1.807) is 18.2 Å². The fourth-order valence-corrected chi connectivity index (χ4v) is 2.32. The Morgan fingerprint density at radius 1 is 1.19 bits per heavy atom. The van der Waals surface area contributed by atoms with Gasteiger partial charge in [-0.05, 0) is 35.9 Å². The number of hydrogen-bond acceptors (Lipinski definition) is 4. The van der Waals surface area contributed by atoms with Crippen LogP contribution in [-0.2, 0) is 6.54 Å². The molecule has 1 heterocycles. The SMILES string of the molecule is Nc1cc(Cl)cc(C(=O)NCc2ccc3c(c2)OCO3)c1. The van der Waals surface area contributed by atoms with E-state index in [0.717, 1.165) is 5.56 Å². The second-order valence-electron chi connectivity index (χ2n) is 4.64. The Balaban J connectivity index is 1.68. The molecule has 0 saturated heterocycles. The maximum atomic E-state index is 12.1. The Kier molecular flexibility index (Phi) is 3.58. The van der Waals surface area contributed by atoms with Crippen molar-refractivity contribution in [2.45, 2.75) is 6.54 Å². The number of hydrogen-bond donors (Lipinski definition) is 2. The van der Waals surface area contributed by atoms with Crippen molar-refractivity contribution in [3.8, 4) is 11.5 Å². The first-order valence-electron chi connectivity index (χ1n) is 6.34. The summed E-state index contributed by atoms with van der Waals surface area (Å²) in [5.41, 5.74) is 7.48. The van der Waals surface area contributed by atoms with E-state index in [1.165, 1.54) is 0 Å². The van der Waals surface area contributed by atoms with Crippen LogP contribution in [-0.4, -0.2) is 12.7 Å². The number of nitrogens with two attached hydrogens (primary N) is 1. The number of amides is 1. The Morgan fingerprint density at radius 2 is 2.00 bits per heavy atom. The van der Waals surface area contributed by atoms with Crippen LogP contribution in [0, 0.1) is 0 Å². The Bertz CT molecular complexity index is 683. The quantitative estimate of drug-likeness (QED) is 0.855. The van der Waals surface area contributed by atoms with E-state index in [4.69, 9.17) is 26.8 Å². The largest absolute Gasteiger partial charge is 0.454 e. The third-order valence-corrected chi connectivity index (χ3v) is 3.29. The van der Waals surface area contributed by atoms with E-state index in [2.05, 4.69) is 5.32 Å². The predicted octanol–water partition coefficient (Wildman–Crippen LogP) is 2.58. The topological polar surface area (TPSA) is 73.6 Å². The van der Waals surface area contributed by atoms with Gasteiger partial charge in [0.05, 0.1) is 0 Å². The molecule has 3 rings (SSSR count). The van der Waals surface area contributed by atoms with E-state index < -0.39 is 0 Å². The van der Waals surface area contributed by atoms with Gasteiger partial charge in [0.15, 0.2) is 11.5 Å². The van der Waals surface area contributed by atoms with Crippen LogP contribution in [0.1, 0.15) is 15.9 Å². The molecule has 3 N–H and O–H groups in total. The van der Waals surface area contributed by atoms with Gasteiger partial charge in [0.2, 0.25) is 6.79 Å². The molecule has 1 aliphatic rings. The van der Waals surface area contributed by atoms with Crippen molar-refractivity contribution < 1.29 is 14.3 Å². The molecule has 0 unspecified atom stereocenters. The summed E-state index contributed by atoms with van der Waals surface area (Å²) in [6.45, 7) is 0.606. The van der Waals surface area contributed by atoms with Crippen molar-refractivity contribution in [2.24, 2.45) is 0 Å². The standard InChI is InChI=1S/C15H13ClN2O3/c16-11-4-10(5-12(17)6-11)15(19)18-7-9-1-2-13-14(3-9)21-8-20-13/h1-6H,7-8,17H2,(H,18,19). The van der Waals surface area contributed by atoms with Crippen molar-refractivity contribution in [3.63, 3.8) is 0 Å². The van der Waals surface area contributed by atoms with Gasteiger partial charge in [0.25, 0.3) is 5.91 Å². The molecule has 21 heavy (non-hydrogen) atoms. The van der Waals surface area contributed by atoms with Crippen LogP contribution < -0.4 is 20.5 Å². The highest BCUT2D eigenvalue weighted by Gasteiger charge is 2.14. The normalized spacial score (nSPS) is 12.2. The maximum Gasteiger partial charge on any atom is 0.251 e. The maximum absolute atomic E-state index is 12.1. The first-order chi connectivity index (χ1) is 10.1. The number of fused-ring (bicyclic) bond motifs is 1. The average Bonchev–Trinajstić information content (AvgIpc) is 2.91. The van der Waals surface area contributed by atoms with Crippen molar-refractivity contribution in [2.75, 3.05) is 12.5 Å². The molecule has 0 fully saturated rings.